The highest BCUT2D eigenvalue weighted by Crippen LogP contribution is 2.32. The Kier molecular flexibility index (Phi) is 6.21. The third-order valence-electron chi connectivity index (χ3n) is 5.87. The zero-order chi connectivity index (χ0) is 22.6. The van der Waals surface area contributed by atoms with Crippen molar-refractivity contribution in [2.75, 3.05) is 11.1 Å². The minimum atomic E-state index is -0.0930. The minimum absolute atomic E-state index is 0.0930. The van der Waals surface area contributed by atoms with Gasteiger partial charge in [0.1, 0.15) is 5.82 Å². The topological polar surface area (TPSA) is 90.5 Å². The van der Waals surface area contributed by atoms with Gasteiger partial charge in [-0.15, -0.1) is 10.2 Å². The molecule has 33 heavy (non-hydrogen) atoms. The lowest BCUT2D eigenvalue weighted by atomic mass is 10.2. The number of para-hydroxylation sites is 1. The molecule has 0 atom stereocenters. The zero-order valence-electron chi connectivity index (χ0n) is 18.4. The SMILES string of the molecule is Cc1ccccc1-n1c(SCC(=O)Nc2ccnn2C2CCCC2)nnc1-c1ccncc1. The Hall–Kier alpha value is -3.46. The summed E-state index contributed by atoms with van der Waals surface area (Å²) in [5.74, 6) is 1.60. The molecule has 5 rings (SSSR count). The summed E-state index contributed by atoms with van der Waals surface area (Å²) in [7, 11) is 0. The molecule has 0 unspecified atom stereocenters. The fourth-order valence-electron chi connectivity index (χ4n) is 4.24. The Morgan fingerprint density at radius 1 is 1.06 bits per heavy atom. The molecule has 1 aromatic carbocycles. The van der Waals surface area contributed by atoms with E-state index in [0.29, 0.717) is 17.0 Å². The Morgan fingerprint density at radius 2 is 1.85 bits per heavy atom. The van der Waals surface area contributed by atoms with Gasteiger partial charge in [-0.3, -0.25) is 14.3 Å². The van der Waals surface area contributed by atoms with Crippen molar-refractivity contribution < 1.29 is 4.79 Å². The van der Waals surface area contributed by atoms with Crippen LogP contribution in [0.5, 0.6) is 0 Å². The van der Waals surface area contributed by atoms with Crippen molar-refractivity contribution in [2.45, 2.75) is 43.8 Å². The number of carbonyl (C=O) groups excluding carboxylic acids is 1. The standard InChI is InChI=1S/C24H25N7OS/c1-17-6-2-5-9-20(17)30-23(18-10-13-25-14-11-18)28-29-24(30)33-16-22(32)27-21-12-15-26-31(21)19-7-3-4-8-19/h2,5-6,9-15,19H,3-4,7-8,16H2,1H3,(H,27,32). The number of rotatable bonds is 7. The highest BCUT2D eigenvalue weighted by Gasteiger charge is 2.22. The summed E-state index contributed by atoms with van der Waals surface area (Å²) in [6.07, 6.45) is 9.86. The number of nitrogens with one attached hydrogen (secondary N) is 1. The predicted molar refractivity (Wildman–Crippen MR) is 128 cm³/mol. The van der Waals surface area contributed by atoms with Crippen molar-refractivity contribution in [3.8, 4) is 17.1 Å². The number of aromatic nitrogens is 6. The van der Waals surface area contributed by atoms with Crippen molar-refractivity contribution >= 4 is 23.5 Å². The van der Waals surface area contributed by atoms with Crippen LogP contribution in [0, 0.1) is 6.92 Å². The summed E-state index contributed by atoms with van der Waals surface area (Å²) in [5, 5.41) is 17.0. The van der Waals surface area contributed by atoms with E-state index >= 15 is 0 Å². The van der Waals surface area contributed by atoms with Gasteiger partial charge in [-0.25, -0.2) is 4.68 Å². The molecule has 4 aromatic rings. The molecule has 0 radical (unpaired) electrons. The smallest absolute Gasteiger partial charge is 0.235 e. The molecule has 1 fully saturated rings. The van der Waals surface area contributed by atoms with E-state index in [-0.39, 0.29) is 11.7 Å². The molecule has 9 heteroatoms. The van der Waals surface area contributed by atoms with E-state index in [0.717, 1.165) is 35.5 Å². The van der Waals surface area contributed by atoms with Gasteiger partial charge >= 0.3 is 0 Å². The Morgan fingerprint density at radius 3 is 2.64 bits per heavy atom. The zero-order valence-corrected chi connectivity index (χ0v) is 19.2. The average molecular weight is 460 g/mol. The maximum absolute atomic E-state index is 12.8. The van der Waals surface area contributed by atoms with Gasteiger partial charge in [-0.2, -0.15) is 5.10 Å². The van der Waals surface area contributed by atoms with E-state index in [2.05, 4.69) is 38.6 Å². The Balaban J connectivity index is 1.37. The van der Waals surface area contributed by atoms with Crippen molar-refractivity contribution in [1.29, 1.82) is 0 Å². The molecule has 0 saturated heterocycles. The van der Waals surface area contributed by atoms with Crippen LogP contribution in [-0.4, -0.2) is 41.2 Å². The van der Waals surface area contributed by atoms with Gasteiger partial charge < -0.3 is 5.32 Å². The number of hydrogen-bond donors (Lipinski definition) is 1. The van der Waals surface area contributed by atoms with Crippen LogP contribution in [0.1, 0.15) is 37.3 Å². The van der Waals surface area contributed by atoms with E-state index in [1.165, 1.54) is 24.6 Å². The molecule has 0 bridgehead atoms. The average Bonchev–Trinajstić information content (AvgIpc) is 3.59. The van der Waals surface area contributed by atoms with Crippen LogP contribution in [0.4, 0.5) is 5.82 Å². The van der Waals surface area contributed by atoms with E-state index in [1.807, 2.05) is 45.6 Å². The highest BCUT2D eigenvalue weighted by atomic mass is 32.2. The van der Waals surface area contributed by atoms with Crippen molar-refractivity contribution in [3.05, 3.63) is 66.6 Å². The van der Waals surface area contributed by atoms with Crippen LogP contribution >= 0.6 is 11.8 Å². The molecule has 1 saturated carbocycles. The molecular weight excluding hydrogens is 434 g/mol. The van der Waals surface area contributed by atoms with E-state index in [1.54, 1.807) is 18.6 Å². The number of anilines is 1. The first-order valence-electron chi connectivity index (χ1n) is 11.1. The molecule has 3 heterocycles. The minimum Gasteiger partial charge on any atom is -0.310 e. The number of thioether (sulfide) groups is 1. The van der Waals surface area contributed by atoms with E-state index in [4.69, 9.17) is 0 Å². The molecule has 1 aliphatic carbocycles. The number of carbonyl (C=O) groups is 1. The van der Waals surface area contributed by atoms with Crippen LogP contribution in [0.2, 0.25) is 0 Å². The molecule has 8 nitrogen and oxygen atoms in total. The maximum atomic E-state index is 12.8. The van der Waals surface area contributed by atoms with Crippen LogP contribution in [-0.2, 0) is 4.79 Å². The summed E-state index contributed by atoms with van der Waals surface area (Å²) in [6, 6.07) is 14.1. The highest BCUT2D eigenvalue weighted by molar-refractivity contribution is 7.99. The largest absolute Gasteiger partial charge is 0.310 e. The van der Waals surface area contributed by atoms with Gasteiger partial charge in [0.15, 0.2) is 11.0 Å². The molecule has 0 aliphatic heterocycles. The van der Waals surface area contributed by atoms with Gasteiger partial charge in [0.2, 0.25) is 5.91 Å². The molecule has 168 valence electrons. The van der Waals surface area contributed by atoms with E-state index < -0.39 is 0 Å². The number of nitrogens with zero attached hydrogens (tertiary/aromatic N) is 6. The summed E-state index contributed by atoms with van der Waals surface area (Å²) in [6.45, 7) is 2.05. The first kappa shape index (κ1) is 21.4. The summed E-state index contributed by atoms with van der Waals surface area (Å²) < 4.78 is 3.96. The molecule has 1 N–H and O–H groups in total. The van der Waals surface area contributed by atoms with Crippen LogP contribution in [0.25, 0.3) is 17.1 Å². The van der Waals surface area contributed by atoms with Crippen LogP contribution in [0.3, 0.4) is 0 Å². The first-order chi connectivity index (χ1) is 16.2. The number of aryl methyl sites for hydroxylation is 1. The quantitative estimate of drug-likeness (QED) is 0.404. The second-order valence-corrected chi connectivity index (χ2v) is 9.04. The number of benzene rings is 1. The van der Waals surface area contributed by atoms with Gasteiger partial charge in [0, 0.05) is 24.0 Å². The monoisotopic (exact) mass is 459 g/mol. The van der Waals surface area contributed by atoms with Crippen molar-refractivity contribution in [2.24, 2.45) is 0 Å². The predicted octanol–water partition coefficient (Wildman–Crippen LogP) is 4.68. The van der Waals surface area contributed by atoms with Gasteiger partial charge in [-0.1, -0.05) is 42.8 Å². The fourth-order valence-corrected chi connectivity index (χ4v) is 4.99. The van der Waals surface area contributed by atoms with Gasteiger partial charge in [-0.05, 0) is 43.5 Å². The summed E-state index contributed by atoms with van der Waals surface area (Å²) in [4.78, 5) is 16.9. The lowest BCUT2D eigenvalue weighted by molar-refractivity contribution is -0.113. The maximum Gasteiger partial charge on any atom is 0.235 e. The lowest BCUT2D eigenvalue weighted by Gasteiger charge is -2.15. The molecule has 0 spiro atoms. The first-order valence-corrected chi connectivity index (χ1v) is 12.1. The van der Waals surface area contributed by atoms with E-state index in [9.17, 15) is 4.79 Å². The summed E-state index contributed by atoms with van der Waals surface area (Å²) >= 11 is 1.37. The number of amides is 1. The molecular formula is C24H25N7OS. The van der Waals surface area contributed by atoms with Crippen LogP contribution in [0.15, 0.2) is 66.2 Å². The fraction of sp³-hybridized carbons (Fsp3) is 0.292. The van der Waals surface area contributed by atoms with Crippen molar-refractivity contribution in [3.63, 3.8) is 0 Å². The van der Waals surface area contributed by atoms with Gasteiger partial charge in [0.25, 0.3) is 0 Å². The normalized spacial score (nSPS) is 14.0. The molecule has 1 aliphatic rings. The van der Waals surface area contributed by atoms with Crippen molar-refractivity contribution in [1.82, 2.24) is 29.5 Å². The third-order valence-corrected chi connectivity index (χ3v) is 6.80. The Labute approximate surface area is 196 Å². The molecule has 3 aromatic heterocycles. The Bertz CT molecular complexity index is 1240. The van der Waals surface area contributed by atoms with Gasteiger partial charge in [0.05, 0.1) is 23.7 Å². The third kappa shape index (κ3) is 4.54. The number of hydrogen-bond acceptors (Lipinski definition) is 6. The summed E-state index contributed by atoms with van der Waals surface area (Å²) in [5.41, 5.74) is 2.99. The molecule has 1 amide bonds. The van der Waals surface area contributed by atoms with Crippen LogP contribution < -0.4 is 5.32 Å². The number of pyridine rings is 1. The second kappa shape index (κ2) is 9.58. The lowest BCUT2D eigenvalue weighted by Crippen LogP contribution is -2.19. The second-order valence-electron chi connectivity index (χ2n) is 8.10.